The number of nitrogens with zero attached hydrogens (tertiary/aromatic N) is 1. The molecule has 0 saturated heterocycles. The van der Waals surface area contributed by atoms with Crippen molar-refractivity contribution in [2.75, 3.05) is 7.11 Å². The van der Waals surface area contributed by atoms with Gasteiger partial charge in [0.2, 0.25) is 15.9 Å². The first-order chi connectivity index (χ1) is 15.7. The Morgan fingerprint density at radius 2 is 1.94 bits per heavy atom. The fourth-order valence-electron chi connectivity index (χ4n) is 3.73. The van der Waals surface area contributed by atoms with Crippen molar-refractivity contribution in [3.05, 3.63) is 87.4 Å². The van der Waals surface area contributed by atoms with E-state index in [1.54, 1.807) is 25.1 Å². The number of aromatic amines is 1. The number of sulfonamides is 1. The molecule has 4 aromatic rings. The number of hydrogen-bond acceptors (Lipinski definition) is 6. The van der Waals surface area contributed by atoms with Crippen LogP contribution >= 0.6 is 11.6 Å². The summed E-state index contributed by atoms with van der Waals surface area (Å²) in [6.45, 7) is 1.62. The zero-order valence-electron chi connectivity index (χ0n) is 17.5. The zero-order chi connectivity index (χ0) is 23.8. The summed E-state index contributed by atoms with van der Waals surface area (Å²) in [5.74, 6) is -2.45. The Morgan fingerprint density at radius 1 is 1.18 bits per heavy atom. The zero-order valence-corrected chi connectivity index (χ0v) is 19.1. The van der Waals surface area contributed by atoms with E-state index in [2.05, 4.69) is 14.9 Å². The third-order valence-corrected chi connectivity index (χ3v) is 7.01. The van der Waals surface area contributed by atoms with Crippen LogP contribution in [0.4, 0.5) is 4.39 Å². The molecule has 172 valence electrons. The molecule has 0 radical (unpaired) electrons. The van der Waals surface area contributed by atoms with Gasteiger partial charge in [-0.1, -0.05) is 48.9 Å². The largest absolute Gasteiger partial charge is 0.495 e. The van der Waals surface area contributed by atoms with Crippen LogP contribution in [0.25, 0.3) is 10.8 Å². The van der Waals surface area contributed by atoms with Crippen LogP contribution in [0.1, 0.15) is 30.3 Å². The third kappa shape index (κ3) is 4.50. The van der Waals surface area contributed by atoms with E-state index >= 15 is 4.39 Å². The molecule has 0 aliphatic rings. The van der Waals surface area contributed by atoms with Crippen LogP contribution < -0.4 is 15.2 Å². The molecule has 2 atom stereocenters. The average molecular weight is 492 g/mol. The normalized spacial score (nSPS) is 13.7. The first-order valence-electron chi connectivity index (χ1n) is 9.79. The van der Waals surface area contributed by atoms with E-state index in [0.29, 0.717) is 5.39 Å². The van der Waals surface area contributed by atoms with Gasteiger partial charge in [-0.15, -0.1) is 5.10 Å². The van der Waals surface area contributed by atoms with Crippen LogP contribution in [0.5, 0.6) is 5.75 Å². The van der Waals surface area contributed by atoms with Crippen molar-refractivity contribution in [2.24, 2.45) is 0 Å². The highest BCUT2D eigenvalue weighted by atomic mass is 35.5. The lowest BCUT2D eigenvalue weighted by atomic mass is 9.89. The maximum atomic E-state index is 15.0. The fraction of sp³-hybridized carbons (Fsp3) is 0.182. The first-order valence-corrected chi connectivity index (χ1v) is 11.7. The highest BCUT2D eigenvalue weighted by Crippen LogP contribution is 2.37. The van der Waals surface area contributed by atoms with Gasteiger partial charge in [-0.2, -0.15) is 4.72 Å². The number of benzene rings is 3. The first kappa shape index (κ1) is 23.0. The van der Waals surface area contributed by atoms with Crippen molar-refractivity contribution in [3.63, 3.8) is 0 Å². The molecular formula is C22H19ClFN3O5S. The van der Waals surface area contributed by atoms with Gasteiger partial charge in [0.25, 0.3) is 0 Å². The molecule has 8 nitrogen and oxygen atoms in total. The van der Waals surface area contributed by atoms with Gasteiger partial charge in [-0.25, -0.2) is 22.7 Å². The number of fused-ring (bicyclic) bond motifs is 1. The molecule has 3 aromatic carbocycles. The topological polar surface area (TPSA) is 114 Å². The van der Waals surface area contributed by atoms with Crippen molar-refractivity contribution in [1.82, 2.24) is 14.9 Å². The second-order valence-electron chi connectivity index (χ2n) is 7.32. The lowest BCUT2D eigenvalue weighted by molar-refractivity contribution is 0.376. The van der Waals surface area contributed by atoms with E-state index in [-0.39, 0.29) is 27.1 Å². The Balaban J connectivity index is 1.84. The molecule has 33 heavy (non-hydrogen) atoms. The molecule has 0 aliphatic carbocycles. The number of aromatic nitrogens is 2. The predicted molar refractivity (Wildman–Crippen MR) is 121 cm³/mol. The summed E-state index contributed by atoms with van der Waals surface area (Å²) >= 11 is 5.95. The van der Waals surface area contributed by atoms with Crippen molar-refractivity contribution in [3.8, 4) is 5.75 Å². The summed E-state index contributed by atoms with van der Waals surface area (Å²) in [6, 6.07) is 12.9. The van der Waals surface area contributed by atoms with E-state index in [0.717, 1.165) is 5.39 Å². The van der Waals surface area contributed by atoms with E-state index < -0.39 is 33.6 Å². The summed E-state index contributed by atoms with van der Waals surface area (Å²) in [5.41, 5.74) is 0.245. The quantitative estimate of drug-likeness (QED) is 0.401. The Hall–Kier alpha value is -3.21. The van der Waals surface area contributed by atoms with Gasteiger partial charge in [0, 0.05) is 22.6 Å². The summed E-state index contributed by atoms with van der Waals surface area (Å²) in [7, 11) is -2.94. The lowest BCUT2D eigenvalue weighted by Gasteiger charge is -2.24. The standard InChI is InChI=1S/C22H19ClFN3O5S/c1-12(19-15-6-4-3-5-13(15)7-9-16(19)24)20(21-25-26-22(28)32-21)27-33(29,30)18-10-8-14(23)11-17(18)31-2/h3-12,20,27H,1-2H3,(H,26,28). The van der Waals surface area contributed by atoms with Crippen molar-refractivity contribution < 1.29 is 22.0 Å². The van der Waals surface area contributed by atoms with Gasteiger partial charge in [-0.3, -0.25) is 0 Å². The molecule has 4 rings (SSSR count). The molecule has 0 bridgehead atoms. The summed E-state index contributed by atoms with van der Waals surface area (Å²) in [5, 5.41) is 7.57. The van der Waals surface area contributed by atoms with Crippen LogP contribution in [-0.4, -0.2) is 25.7 Å². The number of rotatable bonds is 7. The molecule has 0 aliphatic heterocycles. The van der Waals surface area contributed by atoms with Gasteiger partial charge >= 0.3 is 5.76 Å². The van der Waals surface area contributed by atoms with E-state index in [9.17, 15) is 13.2 Å². The highest BCUT2D eigenvalue weighted by Gasteiger charge is 2.34. The second-order valence-corrected chi connectivity index (χ2v) is 9.44. The van der Waals surface area contributed by atoms with Crippen LogP contribution in [0.3, 0.4) is 0 Å². The summed E-state index contributed by atoms with van der Waals surface area (Å²) in [6.07, 6.45) is 0. The number of nitrogens with one attached hydrogen (secondary N) is 2. The minimum atomic E-state index is -4.25. The van der Waals surface area contributed by atoms with Gasteiger partial charge in [0.1, 0.15) is 22.5 Å². The minimum Gasteiger partial charge on any atom is -0.495 e. The summed E-state index contributed by atoms with van der Waals surface area (Å²) < 4.78 is 54.4. The number of hydrogen-bond donors (Lipinski definition) is 2. The average Bonchev–Trinajstić information content (AvgIpc) is 3.22. The molecule has 11 heteroatoms. The highest BCUT2D eigenvalue weighted by molar-refractivity contribution is 7.89. The molecule has 2 unspecified atom stereocenters. The molecular weight excluding hydrogens is 473 g/mol. The van der Waals surface area contributed by atoms with E-state index in [1.165, 1.54) is 31.4 Å². The molecule has 0 fully saturated rings. The number of H-pyrrole nitrogens is 1. The van der Waals surface area contributed by atoms with Crippen molar-refractivity contribution in [2.45, 2.75) is 23.8 Å². The number of halogens is 2. The molecule has 1 aromatic heterocycles. The Labute approximate surface area is 193 Å². The van der Waals surface area contributed by atoms with Gasteiger partial charge in [-0.05, 0) is 29.0 Å². The molecule has 2 N–H and O–H groups in total. The third-order valence-electron chi connectivity index (χ3n) is 5.29. The van der Waals surface area contributed by atoms with Crippen molar-refractivity contribution >= 4 is 32.4 Å². The maximum Gasteiger partial charge on any atom is 0.434 e. The molecule has 0 amide bonds. The van der Waals surface area contributed by atoms with Crippen LogP contribution in [0.2, 0.25) is 5.02 Å². The predicted octanol–water partition coefficient (Wildman–Crippen LogP) is 4.14. The fourth-order valence-corrected chi connectivity index (χ4v) is 5.32. The van der Waals surface area contributed by atoms with E-state index in [4.69, 9.17) is 20.8 Å². The second kappa shape index (κ2) is 8.97. The minimum absolute atomic E-state index is 0.0150. The Bertz CT molecular complexity index is 1480. The number of ether oxygens (including phenoxy) is 1. The van der Waals surface area contributed by atoms with Crippen LogP contribution in [0, 0.1) is 5.82 Å². The Kier molecular flexibility index (Phi) is 6.24. The van der Waals surface area contributed by atoms with Crippen molar-refractivity contribution in [1.29, 1.82) is 0 Å². The lowest BCUT2D eigenvalue weighted by Crippen LogP contribution is -2.33. The van der Waals surface area contributed by atoms with Gasteiger partial charge in [0.05, 0.1) is 7.11 Å². The number of methoxy groups -OCH3 is 1. The molecule has 0 spiro atoms. The Morgan fingerprint density at radius 3 is 2.64 bits per heavy atom. The maximum absolute atomic E-state index is 15.0. The van der Waals surface area contributed by atoms with Crippen LogP contribution in [0.15, 0.2) is 68.7 Å². The van der Waals surface area contributed by atoms with E-state index in [1.807, 2.05) is 12.1 Å². The monoisotopic (exact) mass is 491 g/mol. The smallest absolute Gasteiger partial charge is 0.434 e. The van der Waals surface area contributed by atoms with Gasteiger partial charge < -0.3 is 9.15 Å². The summed E-state index contributed by atoms with van der Waals surface area (Å²) in [4.78, 5) is 11.4. The molecule has 0 saturated carbocycles. The van der Waals surface area contributed by atoms with Gasteiger partial charge in [0.15, 0.2) is 0 Å². The SMILES string of the molecule is COc1cc(Cl)ccc1S(=O)(=O)NC(c1n[nH]c(=O)o1)C(C)c1c(F)ccc2ccccc12. The molecule has 1 heterocycles. The van der Waals surface area contributed by atoms with Crippen LogP contribution in [-0.2, 0) is 10.0 Å².